The van der Waals surface area contributed by atoms with Gasteiger partial charge in [-0.2, -0.15) is 0 Å². The zero-order valence-electron chi connectivity index (χ0n) is 16.6. The van der Waals surface area contributed by atoms with Crippen LogP contribution in [-0.2, 0) is 24.7 Å². The number of nitrogens with one attached hydrogen (secondary N) is 1. The van der Waals surface area contributed by atoms with Gasteiger partial charge in [0.15, 0.2) is 15.6 Å². The van der Waals surface area contributed by atoms with E-state index in [1.807, 2.05) is 0 Å². The van der Waals surface area contributed by atoms with E-state index in [1.165, 1.54) is 55.5 Å². The lowest BCUT2D eigenvalue weighted by Gasteiger charge is -2.25. The molecular weight excluding hydrogens is 464 g/mol. The minimum atomic E-state index is -4.14. The van der Waals surface area contributed by atoms with Crippen molar-refractivity contribution >= 4 is 48.8 Å². The summed E-state index contributed by atoms with van der Waals surface area (Å²) in [6, 6.07) is 10.8. The van der Waals surface area contributed by atoms with Crippen LogP contribution in [-0.4, -0.2) is 52.6 Å². The first-order valence-electron chi connectivity index (χ1n) is 9.37. The van der Waals surface area contributed by atoms with Gasteiger partial charge in [0.25, 0.3) is 10.0 Å². The molecule has 1 heterocycles. The molecule has 8 nitrogen and oxygen atoms in total. The number of sulfonamides is 1. The van der Waals surface area contributed by atoms with Crippen LogP contribution in [0.25, 0.3) is 0 Å². The highest BCUT2D eigenvalue weighted by molar-refractivity contribution is 7.93. The molecular formula is C20H21ClN2O6S2. The quantitative estimate of drug-likeness (QED) is 0.601. The van der Waals surface area contributed by atoms with Crippen molar-refractivity contribution < 1.29 is 26.4 Å². The molecule has 0 saturated carbocycles. The van der Waals surface area contributed by atoms with E-state index in [2.05, 4.69) is 5.32 Å². The fraction of sp³-hybridized carbons (Fsp3) is 0.300. The summed E-state index contributed by atoms with van der Waals surface area (Å²) in [6.07, 6.45) is 0.283. The Bertz CT molecular complexity index is 1190. The number of sulfone groups is 1. The summed E-state index contributed by atoms with van der Waals surface area (Å²) >= 11 is 5.85. The van der Waals surface area contributed by atoms with Crippen LogP contribution in [0.5, 0.6) is 0 Å². The molecule has 1 amide bonds. The maximum Gasteiger partial charge on any atom is 0.264 e. The van der Waals surface area contributed by atoms with Crippen molar-refractivity contribution in [1.82, 2.24) is 5.32 Å². The van der Waals surface area contributed by atoms with Crippen LogP contribution in [0.4, 0.5) is 5.69 Å². The number of hydrogen-bond donors (Lipinski definition) is 1. The molecule has 0 bridgehead atoms. The number of hydrogen-bond acceptors (Lipinski definition) is 6. The number of anilines is 1. The lowest BCUT2D eigenvalue weighted by molar-refractivity contribution is -0.120. The summed E-state index contributed by atoms with van der Waals surface area (Å²) in [7, 11) is -7.35. The van der Waals surface area contributed by atoms with Gasteiger partial charge < -0.3 is 5.32 Å². The maximum atomic E-state index is 13.3. The van der Waals surface area contributed by atoms with Crippen LogP contribution in [0, 0.1) is 0 Å². The van der Waals surface area contributed by atoms with Gasteiger partial charge in [-0.25, -0.2) is 16.8 Å². The lowest BCUT2D eigenvalue weighted by atomic mass is 10.1. The van der Waals surface area contributed by atoms with Crippen molar-refractivity contribution in [3.63, 3.8) is 0 Å². The van der Waals surface area contributed by atoms with E-state index in [9.17, 15) is 26.4 Å². The number of benzene rings is 2. The third-order valence-electron chi connectivity index (χ3n) is 4.85. The summed E-state index contributed by atoms with van der Waals surface area (Å²) in [5, 5.41) is 2.96. The van der Waals surface area contributed by atoms with Crippen molar-refractivity contribution in [2.24, 2.45) is 0 Å². The van der Waals surface area contributed by atoms with Crippen LogP contribution in [0.3, 0.4) is 0 Å². The van der Waals surface area contributed by atoms with E-state index < -0.39 is 38.4 Å². The van der Waals surface area contributed by atoms with Crippen molar-refractivity contribution in [1.29, 1.82) is 0 Å². The van der Waals surface area contributed by atoms with Gasteiger partial charge in [0.05, 0.1) is 22.1 Å². The second kappa shape index (κ2) is 8.97. The average Bonchev–Trinajstić information content (AvgIpc) is 3.04. The van der Waals surface area contributed by atoms with Crippen molar-refractivity contribution in [2.75, 3.05) is 22.4 Å². The molecule has 1 fully saturated rings. The predicted molar refractivity (Wildman–Crippen MR) is 118 cm³/mol. The third kappa shape index (κ3) is 5.63. The van der Waals surface area contributed by atoms with Gasteiger partial charge in [-0.3, -0.25) is 13.9 Å². The number of halogens is 1. The van der Waals surface area contributed by atoms with Gasteiger partial charge in [0.2, 0.25) is 5.91 Å². The molecule has 1 aliphatic rings. The highest BCUT2D eigenvalue weighted by Gasteiger charge is 2.31. The lowest BCUT2D eigenvalue weighted by Crippen LogP contribution is -2.44. The Labute approximate surface area is 186 Å². The van der Waals surface area contributed by atoms with E-state index in [4.69, 9.17) is 11.6 Å². The summed E-state index contributed by atoms with van der Waals surface area (Å²) in [6.45, 7) is 0.835. The molecule has 31 heavy (non-hydrogen) atoms. The standard InChI is InChI=1S/C20H21ClN2O6S2/c1-14(24)15-2-6-18(7-3-15)23(31(28,29)19-8-4-16(21)5-9-19)12-20(25)22-17-10-11-30(26,27)13-17/h2-9,17H,10-13H2,1H3,(H,22,25)/t17-/m1/s1. The van der Waals surface area contributed by atoms with Gasteiger partial charge in [-0.15, -0.1) is 0 Å². The SMILES string of the molecule is CC(=O)c1ccc(N(CC(=O)N[C@@H]2CCS(=O)(=O)C2)S(=O)(=O)c2ccc(Cl)cc2)cc1. The second-order valence-electron chi connectivity index (χ2n) is 7.24. The number of Topliss-reactive ketones (excluding diaryl/α,β-unsaturated/α-hetero) is 1. The fourth-order valence-electron chi connectivity index (χ4n) is 3.22. The smallest absolute Gasteiger partial charge is 0.264 e. The normalized spacial score (nSPS) is 17.8. The van der Waals surface area contributed by atoms with Crippen LogP contribution < -0.4 is 9.62 Å². The van der Waals surface area contributed by atoms with Crippen LogP contribution in [0.1, 0.15) is 23.7 Å². The number of carbonyl (C=O) groups is 2. The molecule has 1 N–H and O–H groups in total. The summed E-state index contributed by atoms with van der Waals surface area (Å²) in [4.78, 5) is 24.1. The zero-order chi connectivity index (χ0) is 22.8. The van der Waals surface area contributed by atoms with Crippen molar-refractivity contribution in [3.05, 3.63) is 59.1 Å². The van der Waals surface area contributed by atoms with Gasteiger partial charge in [-0.1, -0.05) is 11.6 Å². The number of rotatable bonds is 7. The third-order valence-corrected chi connectivity index (χ3v) is 8.66. The Balaban J connectivity index is 1.91. The number of amides is 1. The molecule has 3 rings (SSSR count). The van der Waals surface area contributed by atoms with E-state index >= 15 is 0 Å². The van der Waals surface area contributed by atoms with Crippen molar-refractivity contribution in [2.45, 2.75) is 24.3 Å². The molecule has 0 aliphatic carbocycles. The van der Waals surface area contributed by atoms with Crippen LogP contribution >= 0.6 is 11.6 Å². The minimum absolute atomic E-state index is 0.0166. The summed E-state index contributed by atoms with van der Waals surface area (Å²) in [5.74, 6) is -0.998. The van der Waals surface area contributed by atoms with Crippen LogP contribution in [0.2, 0.25) is 5.02 Å². The zero-order valence-corrected chi connectivity index (χ0v) is 19.0. The Kier molecular flexibility index (Phi) is 6.73. The Morgan fingerprint density at radius 1 is 1.10 bits per heavy atom. The first-order valence-corrected chi connectivity index (χ1v) is 13.0. The molecule has 0 radical (unpaired) electrons. The molecule has 11 heteroatoms. The largest absolute Gasteiger partial charge is 0.351 e. The second-order valence-corrected chi connectivity index (χ2v) is 11.8. The number of carbonyl (C=O) groups excluding carboxylic acids is 2. The summed E-state index contributed by atoms with van der Waals surface area (Å²) in [5.41, 5.74) is 0.586. The molecule has 1 aliphatic heterocycles. The van der Waals surface area contributed by atoms with E-state index in [0.717, 1.165) is 4.31 Å². The molecule has 0 unspecified atom stereocenters. The molecule has 0 spiro atoms. The number of ketones is 1. The topological polar surface area (TPSA) is 118 Å². The Morgan fingerprint density at radius 2 is 1.71 bits per heavy atom. The Morgan fingerprint density at radius 3 is 2.23 bits per heavy atom. The first kappa shape index (κ1) is 23.2. The van der Waals surface area contributed by atoms with Gasteiger partial charge in [-0.05, 0) is 61.9 Å². The maximum absolute atomic E-state index is 13.3. The minimum Gasteiger partial charge on any atom is -0.351 e. The summed E-state index contributed by atoms with van der Waals surface area (Å²) < 4.78 is 50.7. The number of nitrogens with zero attached hydrogens (tertiary/aromatic N) is 1. The monoisotopic (exact) mass is 484 g/mol. The highest BCUT2D eigenvalue weighted by Crippen LogP contribution is 2.25. The first-order chi connectivity index (χ1) is 14.5. The van der Waals surface area contributed by atoms with Gasteiger partial charge in [0, 0.05) is 16.6 Å². The van der Waals surface area contributed by atoms with Gasteiger partial charge in [0.1, 0.15) is 6.54 Å². The molecule has 166 valence electrons. The van der Waals surface area contributed by atoms with E-state index in [0.29, 0.717) is 10.6 Å². The van der Waals surface area contributed by atoms with E-state index in [-0.39, 0.29) is 34.3 Å². The molecule has 0 aromatic heterocycles. The fourth-order valence-corrected chi connectivity index (χ4v) is 6.44. The van der Waals surface area contributed by atoms with Crippen LogP contribution in [0.15, 0.2) is 53.4 Å². The predicted octanol–water partition coefficient (Wildman–Crippen LogP) is 2.04. The highest BCUT2D eigenvalue weighted by atomic mass is 35.5. The van der Waals surface area contributed by atoms with Crippen molar-refractivity contribution in [3.8, 4) is 0 Å². The average molecular weight is 485 g/mol. The Hall–Kier alpha value is -2.43. The molecule has 1 atom stereocenters. The van der Waals surface area contributed by atoms with E-state index in [1.54, 1.807) is 0 Å². The molecule has 2 aromatic carbocycles. The molecule has 1 saturated heterocycles. The molecule has 2 aromatic rings. The van der Waals surface area contributed by atoms with Gasteiger partial charge >= 0.3 is 0 Å².